The highest BCUT2D eigenvalue weighted by Gasteiger charge is 2.13. The fourth-order valence-corrected chi connectivity index (χ4v) is 2.78. The van der Waals surface area contributed by atoms with Gasteiger partial charge in [-0.2, -0.15) is 0 Å². The summed E-state index contributed by atoms with van der Waals surface area (Å²) in [6, 6.07) is 9.00. The molecule has 2 aromatic rings. The summed E-state index contributed by atoms with van der Waals surface area (Å²) >= 11 is 0. The molecule has 112 valence electrons. The Bertz CT molecular complexity index is 742. The molecule has 0 saturated carbocycles. The Labute approximate surface area is 124 Å². The zero-order valence-corrected chi connectivity index (χ0v) is 13.1. The number of nitrogens with one attached hydrogen (secondary N) is 1. The summed E-state index contributed by atoms with van der Waals surface area (Å²) in [6.07, 6.45) is 2.73. The lowest BCUT2D eigenvalue weighted by Gasteiger charge is -2.11. The van der Waals surface area contributed by atoms with Crippen molar-refractivity contribution >= 4 is 15.7 Å². The van der Waals surface area contributed by atoms with Crippen LogP contribution in [-0.4, -0.2) is 26.8 Å². The molecule has 0 aliphatic heterocycles. The molecule has 0 saturated heterocycles. The van der Waals surface area contributed by atoms with Gasteiger partial charge in [0.15, 0.2) is 9.84 Å². The lowest BCUT2D eigenvalue weighted by molar-refractivity contribution is 0.411. The van der Waals surface area contributed by atoms with Crippen LogP contribution in [0.3, 0.4) is 0 Å². The molecule has 5 nitrogen and oxygen atoms in total. The number of rotatable bonds is 5. The first kappa shape index (κ1) is 15.3. The first-order valence-electron chi connectivity index (χ1n) is 6.44. The van der Waals surface area contributed by atoms with Crippen LogP contribution in [0, 0.1) is 6.92 Å². The number of sulfone groups is 1. The fraction of sp³-hybridized carbons (Fsp3) is 0.267. The minimum Gasteiger partial charge on any atom is -0.496 e. The maximum Gasteiger partial charge on any atom is 0.179 e. The fourth-order valence-electron chi connectivity index (χ4n) is 1.98. The molecule has 1 N–H and O–H groups in total. The van der Waals surface area contributed by atoms with Crippen molar-refractivity contribution in [2.24, 2.45) is 0 Å². The van der Waals surface area contributed by atoms with Gasteiger partial charge in [-0.3, -0.25) is 0 Å². The molecule has 0 aliphatic rings. The van der Waals surface area contributed by atoms with Crippen LogP contribution in [0.4, 0.5) is 5.82 Å². The van der Waals surface area contributed by atoms with Crippen LogP contribution >= 0.6 is 0 Å². The lowest BCUT2D eigenvalue weighted by Crippen LogP contribution is -2.08. The molecule has 0 aliphatic carbocycles. The molecule has 0 unspecified atom stereocenters. The van der Waals surface area contributed by atoms with E-state index in [1.807, 2.05) is 25.1 Å². The summed E-state index contributed by atoms with van der Waals surface area (Å²) in [7, 11) is -1.68. The Morgan fingerprint density at radius 3 is 2.71 bits per heavy atom. The van der Waals surface area contributed by atoms with Crippen molar-refractivity contribution in [1.82, 2.24) is 4.98 Å². The highest BCUT2D eigenvalue weighted by atomic mass is 32.2. The van der Waals surface area contributed by atoms with Gasteiger partial charge in [-0.1, -0.05) is 12.1 Å². The van der Waals surface area contributed by atoms with Crippen LogP contribution in [0.5, 0.6) is 5.75 Å². The smallest absolute Gasteiger partial charge is 0.179 e. The van der Waals surface area contributed by atoms with Crippen molar-refractivity contribution in [3.63, 3.8) is 0 Å². The Kier molecular flexibility index (Phi) is 4.47. The number of pyridine rings is 1. The van der Waals surface area contributed by atoms with Crippen LogP contribution in [0.2, 0.25) is 0 Å². The molecule has 0 fully saturated rings. The zero-order chi connectivity index (χ0) is 15.5. The minimum atomic E-state index is -3.31. The minimum absolute atomic E-state index is 0.198. The molecule has 0 bridgehead atoms. The molecule has 0 radical (unpaired) electrons. The van der Waals surface area contributed by atoms with E-state index in [1.165, 1.54) is 6.26 Å². The van der Waals surface area contributed by atoms with Gasteiger partial charge < -0.3 is 10.1 Å². The van der Waals surface area contributed by atoms with E-state index in [4.69, 9.17) is 4.74 Å². The molecule has 0 atom stereocenters. The third kappa shape index (κ3) is 3.72. The van der Waals surface area contributed by atoms with Gasteiger partial charge in [0.05, 0.1) is 7.11 Å². The number of hydrogen-bond donors (Lipinski definition) is 1. The highest BCUT2D eigenvalue weighted by molar-refractivity contribution is 7.90. The molecule has 6 heteroatoms. The number of methoxy groups -OCH3 is 1. The van der Waals surface area contributed by atoms with Gasteiger partial charge in [-0.15, -0.1) is 0 Å². The standard InChI is InChI=1S/C15H18N2O3S/c1-11-6-7-12(9-13(11)20-2)10-17-15-14(21(3,18)19)5-4-8-16-15/h4-9H,10H2,1-3H3,(H,16,17). The van der Waals surface area contributed by atoms with E-state index in [0.717, 1.165) is 16.9 Å². The molecule has 1 aromatic heterocycles. The Morgan fingerprint density at radius 2 is 2.05 bits per heavy atom. The van der Waals surface area contributed by atoms with Gasteiger partial charge in [0.1, 0.15) is 16.5 Å². The van der Waals surface area contributed by atoms with E-state index >= 15 is 0 Å². The first-order valence-corrected chi connectivity index (χ1v) is 8.33. The molecule has 0 amide bonds. The molecule has 1 aromatic carbocycles. The summed E-state index contributed by atoms with van der Waals surface area (Å²) in [5.74, 6) is 1.16. The second-order valence-corrected chi connectivity index (χ2v) is 6.76. The maximum absolute atomic E-state index is 11.7. The predicted octanol–water partition coefficient (Wildman–Crippen LogP) is 2.41. The maximum atomic E-state index is 11.7. The van der Waals surface area contributed by atoms with Crippen LogP contribution < -0.4 is 10.1 Å². The van der Waals surface area contributed by atoms with E-state index in [9.17, 15) is 8.42 Å². The molecule has 2 rings (SSSR count). The summed E-state index contributed by atoms with van der Waals surface area (Å²) in [4.78, 5) is 4.30. The SMILES string of the molecule is COc1cc(CNc2ncccc2S(C)(=O)=O)ccc1C. The molecule has 21 heavy (non-hydrogen) atoms. The summed E-state index contributed by atoms with van der Waals surface area (Å²) < 4.78 is 28.7. The first-order chi connectivity index (χ1) is 9.91. The van der Waals surface area contributed by atoms with E-state index in [1.54, 1.807) is 25.4 Å². The molecule has 1 heterocycles. The van der Waals surface area contributed by atoms with Crippen LogP contribution in [0.1, 0.15) is 11.1 Å². The highest BCUT2D eigenvalue weighted by Crippen LogP contribution is 2.21. The molecule has 0 spiro atoms. The zero-order valence-electron chi connectivity index (χ0n) is 12.3. The van der Waals surface area contributed by atoms with E-state index < -0.39 is 9.84 Å². The van der Waals surface area contributed by atoms with Crippen LogP contribution in [-0.2, 0) is 16.4 Å². The van der Waals surface area contributed by atoms with Crippen LogP contribution in [0.15, 0.2) is 41.4 Å². The number of hydrogen-bond acceptors (Lipinski definition) is 5. The number of aromatic nitrogens is 1. The Hall–Kier alpha value is -2.08. The van der Waals surface area contributed by atoms with Crippen LogP contribution in [0.25, 0.3) is 0 Å². The van der Waals surface area contributed by atoms with Crippen molar-refractivity contribution in [2.45, 2.75) is 18.4 Å². The van der Waals surface area contributed by atoms with Crippen molar-refractivity contribution in [3.8, 4) is 5.75 Å². The summed E-state index contributed by atoms with van der Waals surface area (Å²) in [5.41, 5.74) is 2.04. The largest absolute Gasteiger partial charge is 0.496 e. The second-order valence-electron chi connectivity index (χ2n) is 4.78. The lowest BCUT2D eigenvalue weighted by atomic mass is 10.1. The van der Waals surface area contributed by atoms with E-state index in [0.29, 0.717) is 12.4 Å². The van der Waals surface area contributed by atoms with Gasteiger partial charge in [-0.25, -0.2) is 13.4 Å². The van der Waals surface area contributed by atoms with Gasteiger partial charge >= 0.3 is 0 Å². The summed E-state index contributed by atoms with van der Waals surface area (Å²) in [6.45, 7) is 2.44. The van der Waals surface area contributed by atoms with E-state index in [2.05, 4.69) is 10.3 Å². The monoisotopic (exact) mass is 306 g/mol. The average Bonchev–Trinajstić information content (AvgIpc) is 2.45. The average molecular weight is 306 g/mol. The quantitative estimate of drug-likeness (QED) is 0.918. The third-order valence-electron chi connectivity index (χ3n) is 3.10. The van der Waals surface area contributed by atoms with Crippen molar-refractivity contribution in [1.29, 1.82) is 0 Å². The van der Waals surface area contributed by atoms with Crippen molar-refractivity contribution in [2.75, 3.05) is 18.7 Å². The normalized spacial score (nSPS) is 11.2. The third-order valence-corrected chi connectivity index (χ3v) is 4.23. The van der Waals surface area contributed by atoms with Gasteiger partial charge in [0, 0.05) is 19.0 Å². The van der Waals surface area contributed by atoms with Crippen molar-refractivity contribution in [3.05, 3.63) is 47.7 Å². The van der Waals surface area contributed by atoms with Gasteiger partial charge in [0.25, 0.3) is 0 Å². The Balaban J connectivity index is 2.21. The predicted molar refractivity (Wildman–Crippen MR) is 82.4 cm³/mol. The van der Waals surface area contributed by atoms with Gasteiger partial charge in [-0.05, 0) is 36.2 Å². The van der Waals surface area contributed by atoms with Gasteiger partial charge in [0.2, 0.25) is 0 Å². The Morgan fingerprint density at radius 1 is 1.29 bits per heavy atom. The molecular weight excluding hydrogens is 288 g/mol. The number of aryl methyl sites for hydroxylation is 1. The molecular formula is C15H18N2O3S. The number of nitrogens with zero attached hydrogens (tertiary/aromatic N) is 1. The topological polar surface area (TPSA) is 68.3 Å². The second kappa shape index (κ2) is 6.13. The summed E-state index contributed by atoms with van der Waals surface area (Å²) in [5, 5.41) is 3.06. The number of anilines is 1. The van der Waals surface area contributed by atoms with E-state index in [-0.39, 0.29) is 4.90 Å². The number of benzene rings is 1. The van der Waals surface area contributed by atoms with Crippen molar-refractivity contribution < 1.29 is 13.2 Å². The number of ether oxygens (including phenoxy) is 1.